The lowest BCUT2D eigenvalue weighted by Gasteiger charge is -2.17. The molecule has 1 rings (SSSR count). The molecule has 0 bridgehead atoms. The van der Waals surface area contributed by atoms with E-state index in [4.69, 9.17) is 4.74 Å². The molecular formula is C15H25NOS. The van der Waals surface area contributed by atoms with Crippen LogP contribution >= 0.6 is 11.8 Å². The number of hydrogen-bond donors (Lipinski definition) is 1. The number of benzene rings is 1. The van der Waals surface area contributed by atoms with Gasteiger partial charge in [0.25, 0.3) is 0 Å². The van der Waals surface area contributed by atoms with Crippen LogP contribution in [0.5, 0.6) is 5.75 Å². The zero-order valence-electron chi connectivity index (χ0n) is 11.7. The molecule has 0 aliphatic rings. The number of rotatable bonds is 9. The van der Waals surface area contributed by atoms with E-state index in [0.29, 0.717) is 6.04 Å². The van der Waals surface area contributed by atoms with Gasteiger partial charge in [-0.15, -0.1) is 0 Å². The van der Waals surface area contributed by atoms with Crippen LogP contribution in [0.15, 0.2) is 24.3 Å². The fraction of sp³-hybridized carbons (Fsp3) is 0.600. The molecule has 0 saturated heterocycles. The molecule has 0 amide bonds. The Hall–Kier alpha value is -0.670. The molecular weight excluding hydrogens is 242 g/mol. The molecule has 1 unspecified atom stereocenters. The molecule has 1 atom stereocenters. The summed E-state index contributed by atoms with van der Waals surface area (Å²) in [6.45, 7) is 8.21. The Morgan fingerprint density at radius 3 is 2.78 bits per heavy atom. The summed E-state index contributed by atoms with van der Waals surface area (Å²) >= 11 is 2.00. The van der Waals surface area contributed by atoms with Gasteiger partial charge in [-0.2, -0.15) is 11.8 Å². The minimum Gasteiger partial charge on any atom is -0.494 e. The standard InChI is InChI=1S/C15H25NOS/c1-4-17-15-10-7-6-9-14(15)13(3)16-11-8-12-18-5-2/h6-7,9-10,13,16H,4-5,8,11-12H2,1-3H3. The molecule has 0 aliphatic heterocycles. The lowest BCUT2D eigenvalue weighted by Crippen LogP contribution is -2.21. The van der Waals surface area contributed by atoms with E-state index in [1.807, 2.05) is 30.8 Å². The highest BCUT2D eigenvalue weighted by molar-refractivity contribution is 7.99. The predicted molar refractivity (Wildman–Crippen MR) is 81.6 cm³/mol. The fourth-order valence-electron chi connectivity index (χ4n) is 1.87. The topological polar surface area (TPSA) is 21.3 Å². The van der Waals surface area contributed by atoms with Gasteiger partial charge in [-0.3, -0.25) is 0 Å². The lowest BCUT2D eigenvalue weighted by atomic mass is 10.1. The van der Waals surface area contributed by atoms with Crippen LogP contribution in [0.1, 0.15) is 38.8 Å². The van der Waals surface area contributed by atoms with Crippen LogP contribution in [0.2, 0.25) is 0 Å². The number of para-hydroxylation sites is 1. The van der Waals surface area contributed by atoms with E-state index >= 15 is 0 Å². The van der Waals surface area contributed by atoms with Gasteiger partial charge >= 0.3 is 0 Å². The third kappa shape index (κ3) is 5.32. The lowest BCUT2D eigenvalue weighted by molar-refractivity contribution is 0.332. The van der Waals surface area contributed by atoms with Crippen molar-refractivity contribution in [2.75, 3.05) is 24.7 Å². The van der Waals surface area contributed by atoms with Gasteiger partial charge < -0.3 is 10.1 Å². The molecule has 1 aromatic rings. The predicted octanol–water partition coefficient (Wildman–Crippen LogP) is 3.88. The molecule has 0 fully saturated rings. The Bertz CT molecular complexity index is 330. The van der Waals surface area contributed by atoms with Gasteiger partial charge in [0.2, 0.25) is 0 Å². The van der Waals surface area contributed by atoms with Crippen molar-refractivity contribution < 1.29 is 4.74 Å². The van der Waals surface area contributed by atoms with Crippen molar-refractivity contribution >= 4 is 11.8 Å². The molecule has 0 heterocycles. The molecule has 102 valence electrons. The SMILES string of the molecule is CCOc1ccccc1C(C)NCCCSCC. The van der Waals surface area contributed by atoms with Crippen molar-refractivity contribution in [1.29, 1.82) is 0 Å². The van der Waals surface area contributed by atoms with Crippen molar-refractivity contribution in [2.24, 2.45) is 0 Å². The van der Waals surface area contributed by atoms with E-state index in [1.54, 1.807) is 0 Å². The highest BCUT2D eigenvalue weighted by Gasteiger charge is 2.09. The second-order valence-electron chi connectivity index (χ2n) is 4.20. The highest BCUT2D eigenvalue weighted by Crippen LogP contribution is 2.24. The van der Waals surface area contributed by atoms with Crippen LogP contribution in [0.25, 0.3) is 0 Å². The van der Waals surface area contributed by atoms with Crippen molar-refractivity contribution in [2.45, 2.75) is 33.2 Å². The first kappa shape index (κ1) is 15.4. The number of nitrogens with one attached hydrogen (secondary N) is 1. The third-order valence-electron chi connectivity index (χ3n) is 2.81. The van der Waals surface area contributed by atoms with Gasteiger partial charge in [-0.1, -0.05) is 25.1 Å². The summed E-state index contributed by atoms with van der Waals surface area (Å²) in [5.41, 5.74) is 1.25. The van der Waals surface area contributed by atoms with Gasteiger partial charge in [0.15, 0.2) is 0 Å². The van der Waals surface area contributed by atoms with Crippen molar-refractivity contribution in [3.63, 3.8) is 0 Å². The Balaban J connectivity index is 2.42. The first-order chi connectivity index (χ1) is 8.79. The van der Waals surface area contributed by atoms with E-state index in [2.05, 4.69) is 31.3 Å². The molecule has 1 N–H and O–H groups in total. The summed E-state index contributed by atoms with van der Waals surface area (Å²) in [5.74, 6) is 3.45. The molecule has 0 radical (unpaired) electrons. The van der Waals surface area contributed by atoms with Crippen LogP contribution in [-0.2, 0) is 0 Å². The van der Waals surface area contributed by atoms with E-state index in [1.165, 1.54) is 23.5 Å². The average Bonchev–Trinajstić information content (AvgIpc) is 2.39. The van der Waals surface area contributed by atoms with Crippen LogP contribution in [0, 0.1) is 0 Å². The molecule has 0 spiro atoms. The van der Waals surface area contributed by atoms with Crippen LogP contribution in [-0.4, -0.2) is 24.7 Å². The Kier molecular flexibility index (Phi) is 7.94. The van der Waals surface area contributed by atoms with E-state index < -0.39 is 0 Å². The zero-order valence-corrected chi connectivity index (χ0v) is 12.6. The largest absolute Gasteiger partial charge is 0.494 e. The van der Waals surface area contributed by atoms with Gasteiger partial charge in [0.05, 0.1) is 6.61 Å². The smallest absolute Gasteiger partial charge is 0.124 e. The Morgan fingerprint density at radius 2 is 2.06 bits per heavy atom. The first-order valence-corrected chi connectivity index (χ1v) is 7.97. The minimum absolute atomic E-state index is 0.347. The molecule has 0 aliphatic carbocycles. The highest BCUT2D eigenvalue weighted by atomic mass is 32.2. The van der Waals surface area contributed by atoms with E-state index in [-0.39, 0.29) is 0 Å². The normalized spacial score (nSPS) is 12.4. The molecule has 0 aromatic heterocycles. The Labute approximate surface area is 116 Å². The number of thioether (sulfide) groups is 1. The maximum Gasteiger partial charge on any atom is 0.124 e. The summed E-state index contributed by atoms with van der Waals surface area (Å²) in [5, 5.41) is 3.56. The van der Waals surface area contributed by atoms with Crippen LogP contribution in [0.3, 0.4) is 0 Å². The van der Waals surface area contributed by atoms with Crippen molar-refractivity contribution in [3.8, 4) is 5.75 Å². The zero-order chi connectivity index (χ0) is 13.2. The second kappa shape index (κ2) is 9.29. The third-order valence-corrected chi connectivity index (χ3v) is 3.79. The minimum atomic E-state index is 0.347. The number of hydrogen-bond acceptors (Lipinski definition) is 3. The molecule has 2 nitrogen and oxygen atoms in total. The summed E-state index contributed by atoms with van der Waals surface area (Å²) < 4.78 is 5.66. The van der Waals surface area contributed by atoms with E-state index in [0.717, 1.165) is 18.9 Å². The average molecular weight is 267 g/mol. The second-order valence-corrected chi connectivity index (χ2v) is 5.59. The molecule has 3 heteroatoms. The number of ether oxygens (including phenoxy) is 1. The van der Waals surface area contributed by atoms with Gasteiger partial charge in [-0.05, 0) is 44.4 Å². The quantitative estimate of drug-likeness (QED) is 0.686. The first-order valence-electron chi connectivity index (χ1n) is 6.82. The maximum absolute atomic E-state index is 5.66. The molecule has 18 heavy (non-hydrogen) atoms. The molecule has 0 saturated carbocycles. The summed E-state index contributed by atoms with van der Waals surface area (Å²) in [6.07, 6.45) is 1.22. The summed E-state index contributed by atoms with van der Waals surface area (Å²) in [6, 6.07) is 8.63. The maximum atomic E-state index is 5.66. The van der Waals surface area contributed by atoms with Crippen LogP contribution < -0.4 is 10.1 Å². The van der Waals surface area contributed by atoms with Gasteiger partial charge in [0, 0.05) is 11.6 Å². The van der Waals surface area contributed by atoms with Crippen molar-refractivity contribution in [3.05, 3.63) is 29.8 Å². The molecule has 1 aromatic carbocycles. The van der Waals surface area contributed by atoms with Gasteiger partial charge in [0.1, 0.15) is 5.75 Å². The summed E-state index contributed by atoms with van der Waals surface area (Å²) in [7, 11) is 0. The Morgan fingerprint density at radius 1 is 1.28 bits per heavy atom. The van der Waals surface area contributed by atoms with Crippen LogP contribution in [0.4, 0.5) is 0 Å². The van der Waals surface area contributed by atoms with Crippen molar-refractivity contribution in [1.82, 2.24) is 5.32 Å². The van der Waals surface area contributed by atoms with E-state index in [9.17, 15) is 0 Å². The summed E-state index contributed by atoms with van der Waals surface area (Å²) in [4.78, 5) is 0. The fourth-order valence-corrected chi connectivity index (χ4v) is 2.51. The van der Waals surface area contributed by atoms with Gasteiger partial charge in [-0.25, -0.2) is 0 Å². The monoisotopic (exact) mass is 267 g/mol.